The van der Waals surface area contributed by atoms with E-state index >= 15 is 0 Å². The van der Waals surface area contributed by atoms with Crippen molar-refractivity contribution in [3.05, 3.63) is 0 Å². The molecule has 0 fully saturated rings. The molecule has 0 saturated carbocycles. The fourth-order valence-corrected chi connectivity index (χ4v) is 2.65. The zero-order valence-corrected chi connectivity index (χ0v) is 17.0. The number of hydrazone groups is 1. The topological polar surface area (TPSA) is 162 Å². The number of nitrogens with zero attached hydrogens (tertiary/aromatic N) is 3. The maximum absolute atomic E-state index is 12.1. The second-order valence-electron chi connectivity index (χ2n) is 7.61. The average Bonchev–Trinajstić information content (AvgIpc) is 3.17. The predicted octanol–water partition coefficient (Wildman–Crippen LogP) is 1.63. The van der Waals surface area contributed by atoms with Gasteiger partial charge in [0.2, 0.25) is 0 Å². The highest BCUT2D eigenvalue weighted by molar-refractivity contribution is 5.86. The van der Waals surface area contributed by atoms with Crippen LogP contribution in [0.25, 0.3) is 0 Å². The van der Waals surface area contributed by atoms with Crippen molar-refractivity contribution in [3.63, 3.8) is 0 Å². The van der Waals surface area contributed by atoms with Crippen molar-refractivity contribution in [2.24, 2.45) is 10.9 Å². The molecule has 0 aromatic rings. The van der Waals surface area contributed by atoms with Crippen LogP contribution in [-0.2, 0) is 9.59 Å². The van der Waals surface area contributed by atoms with Crippen molar-refractivity contribution >= 4 is 24.2 Å². The van der Waals surface area contributed by atoms with Crippen LogP contribution in [-0.4, -0.2) is 45.3 Å². The van der Waals surface area contributed by atoms with Gasteiger partial charge in [-0.3, -0.25) is 25.0 Å². The highest BCUT2D eigenvalue weighted by atomic mass is 16.1. The summed E-state index contributed by atoms with van der Waals surface area (Å²) in [5.74, 6) is 5.96. The van der Waals surface area contributed by atoms with E-state index in [-0.39, 0.29) is 36.1 Å². The van der Waals surface area contributed by atoms with Gasteiger partial charge in [-0.1, -0.05) is 6.92 Å². The maximum atomic E-state index is 12.1. The fourth-order valence-electron chi connectivity index (χ4n) is 2.65. The summed E-state index contributed by atoms with van der Waals surface area (Å²) in [5.41, 5.74) is 4.86. The van der Waals surface area contributed by atoms with Crippen LogP contribution in [0.15, 0.2) is 5.10 Å². The van der Waals surface area contributed by atoms with Gasteiger partial charge in [0, 0.05) is 25.7 Å². The first-order chi connectivity index (χ1) is 12.1. The minimum atomic E-state index is -0.413. The van der Waals surface area contributed by atoms with Gasteiger partial charge in [-0.25, -0.2) is 11.4 Å². The maximum Gasteiger partial charge on any atom is 0.133 e. The van der Waals surface area contributed by atoms with E-state index in [0.717, 1.165) is 12.8 Å². The molecule has 0 aromatic carbocycles. The zero-order chi connectivity index (χ0) is 19.8. The van der Waals surface area contributed by atoms with E-state index in [4.69, 9.17) is 11.3 Å². The van der Waals surface area contributed by atoms with E-state index < -0.39 is 5.54 Å². The zero-order valence-electron chi connectivity index (χ0n) is 17.0. The molecular weight excluding hydrogens is 348 g/mol. The molecule has 0 saturated heterocycles. The number of rotatable bonds is 13. The third-order valence-corrected chi connectivity index (χ3v) is 5.23. The smallest absolute Gasteiger partial charge is 0.133 e. The molecule has 0 aromatic heterocycles. The second kappa shape index (κ2) is 11.0. The SMILES string of the molecule is CCC(C)(CCC(=O)CCC(=O)CCC(C)(C)N1C=NNN1)N(N)C=N.N. The Kier molecular flexibility index (Phi) is 10.1. The van der Waals surface area contributed by atoms with Crippen LogP contribution in [0.2, 0.25) is 0 Å². The van der Waals surface area contributed by atoms with Crippen molar-refractivity contribution in [1.82, 2.24) is 27.2 Å². The van der Waals surface area contributed by atoms with Gasteiger partial charge in [0.25, 0.3) is 0 Å². The van der Waals surface area contributed by atoms with Crippen molar-refractivity contribution in [2.75, 3.05) is 0 Å². The molecule has 1 rings (SSSR count). The summed E-state index contributed by atoms with van der Waals surface area (Å²) in [6.45, 7) is 7.95. The van der Waals surface area contributed by atoms with Gasteiger partial charge in [-0.2, -0.15) is 5.10 Å². The molecular formula is C17H36N8O2. The lowest BCUT2D eigenvalue weighted by Gasteiger charge is -2.35. The number of carbonyl (C=O) groups excluding carboxylic acids is 2. The van der Waals surface area contributed by atoms with Gasteiger partial charge < -0.3 is 6.15 Å². The minimum absolute atomic E-state index is 0. The summed E-state index contributed by atoms with van der Waals surface area (Å²) in [4.78, 5) is 24.2. The molecule has 1 aliphatic rings. The Hall–Kier alpha value is -2.04. The Bertz CT molecular complexity index is 537. The van der Waals surface area contributed by atoms with Gasteiger partial charge >= 0.3 is 0 Å². The molecule has 0 spiro atoms. The highest BCUT2D eigenvalue weighted by Crippen LogP contribution is 2.23. The third-order valence-electron chi connectivity index (χ3n) is 5.23. The molecule has 1 unspecified atom stereocenters. The average molecular weight is 385 g/mol. The number of nitrogens with one attached hydrogen (secondary N) is 3. The van der Waals surface area contributed by atoms with Crippen molar-refractivity contribution in [3.8, 4) is 0 Å². The Labute approximate surface area is 161 Å². The highest BCUT2D eigenvalue weighted by Gasteiger charge is 2.28. The van der Waals surface area contributed by atoms with Crippen LogP contribution in [0.1, 0.15) is 72.6 Å². The molecule has 10 nitrogen and oxygen atoms in total. The summed E-state index contributed by atoms with van der Waals surface area (Å²) in [7, 11) is 0. The normalized spacial score (nSPS) is 15.5. The van der Waals surface area contributed by atoms with Crippen molar-refractivity contribution in [2.45, 2.75) is 83.7 Å². The van der Waals surface area contributed by atoms with Gasteiger partial charge in [-0.15, -0.1) is 5.53 Å². The lowest BCUT2D eigenvalue weighted by atomic mass is 9.90. The van der Waals surface area contributed by atoms with E-state index in [1.165, 1.54) is 5.01 Å². The molecule has 10 heteroatoms. The monoisotopic (exact) mass is 384 g/mol. The van der Waals surface area contributed by atoms with Gasteiger partial charge in [0.05, 0.1) is 17.4 Å². The summed E-state index contributed by atoms with van der Waals surface area (Å²) < 4.78 is 0. The molecule has 156 valence electrons. The Balaban J connectivity index is 0.00000676. The molecule has 0 amide bonds. The molecule has 1 atom stereocenters. The molecule has 1 heterocycles. The van der Waals surface area contributed by atoms with Crippen LogP contribution in [0.5, 0.6) is 0 Å². The number of hydrogen-bond donors (Lipinski definition) is 5. The van der Waals surface area contributed by atoms with Crippen LogP contribution >= 0.6 is 0 Å². The van der Waals surface area contributed by atoms with Crippen LogP contribution < -0.4 is 23.1 Å². The summed E-state index contributed by atoms with van der Waals surface area (Å²) >= 11 is 0. The largest absolute Gasteiger partial charge is 0.344 e. The standard InChI is InChI=1S/C17H33N7O2.H3N/c1-5-17(4,23(19)12-18)11-9-15(26)7-6-14(25)8-10-16(2,3)24-13-20-21-22-24;/h12-13,18,21-22H,5-11,19H2,1-4H3;1H3. The van der Waals surface area contributed by atoms with Gasteiger partial charge in [-0.05, 0) is 40.0 Å². The lowest BCUT2D eigenvalue weighted by molar-refractivity contribution is -0.124. The molecule has 27 heavy (non-hydrogen) atoms. The predicted molar refractivity (Wildman–Crippen MR) is 107 cm³/mol. The van der Waals surface area contributed by atoms with Gasteiger partial charge in [0.1, 0.15) is 17.9 Å². The summed E-state index contributed by atoms with van der Waals surface area (Å²) in [6.07, 6.45) is 6.02. The van der Waals surface area contributed by atoms with E-state index in [2.05, 4.69) is 16.2 Å². The Morgan fingerprint density at radius 2 is 1.74 bits per heavy atom. The van der Waals surface area contributed by atoms with Crippen LogP contribution in [0.4, 0.5) is 0 Å². The van der Waals surface area contributed by atoms with E-state index in [9.17, 15) is 9.59 Å². The molecule has 0 radical (unpaired) electrons. The second-order valence-corrected chi connectivity index (χ2v) is 7.61. The number of nitrogens with two attached hydrogens (primary N) is 1. The fraction of sp³-hybridized carbons (Fsp3) is 0.765. The number of ketones is 2. The number of hydrazine groups is 3. The summed E-state index contributed by atoms with van der Waals surface area (Å²) in [6, 6.07) is 0. The quantitative estimate of drug-likeness (QED) is 0.138. The minimum Gasteiger partial charge on any atom is -0.344 e. The Morgan fingerprint density at radius 1 is 1.19 bits per heavy atom. The molecule has 1 aliphatic heterocycles. The molecule has 0 aliphatic carbocycles. The van der Waals surface area contributed by atoms with Crippen LogP contribution in [0, 0.1) is 5.41 Å². The number of carbonyl (C=O) groups is 2. The first-order valence-corrected chi connectivity index (χ1v) is 9.06. The van der Waals surface area contributed by atoms with E-state index in [1.54, 1.807) is 6.34 Å². The number of Topliss-reactive ketones (excluding diaryl/α,β-unsaturated/α-hetero) is 2. The summed E-state index contributed by atoms with van der Waals surface area (Å²) in [5, 5.41) is 14.3. The number of hydrogen-bond acceptors (Lipinski definition) is 9. The van der Waals surface area contributed by atoms with Crippen molar-refractivity contribution < 1.29 is 9.59 Å². The molecule has 0 bridgehead atoms. The van der Waals surface area contributed by atoms with E-state index in [1.807, 2.05) is 32.7 Å². The first kappa shape index (κ1) is 25.0. The van der Waals surface area contributed by atoms with E-state index in [0.29, 0.717) is 25.7 Å². The van der Waals surface area contributed by atoms with Crippen LogP contribution in [0.3, 0.4) is 0 Å². The van der Waals surface area contributed by atoms with Gasteiger partial charge in [0.15, 0.2) is 0 Å². The Morgan fingerprint density at radius 3 is 2.19 bits per heavy atom. The van der Waals surface area contributed by atoms with Crippen molar-refractivity contribution in [1.29, 1.82) is 5.41 Å². The molecule has 8 N–H and O–H groups in total. The third kappa shape index (κ3) is 7.61. The lowest BCUT2D eigenvalue weighted by Crippen LogP contribution is -2.51. The first-order valence-electron chi connectivity index (χ1n) is 9.06.